The van der Waals surface area contributed by atoms with E-state index in [0.717, 1.165) is 15.9 Å². The zero-order chi connectivity index (χ0) is 16.5. The van der Waals surface area contributed by atoms with Gasteiger partial charge in [-0.3, -0.25) is 9.36 Å². The van der Waals surface area contributed by atoms with Crippen LogP contribution in [0.2, 0.25) is 0 Å². The van der Waals surface area contributed by atoms with Gasteiger partial charge in [-0.1, -0.05) is 18.2 Å². The monoisotopic (exact) mass is 335 g/mol. The molecule has 1 aromatic carbocycles. The smallest absolute Gasteiger partial charge is 0.265 e. The second-order valence-electron chi connectivity index (χ2n) is 5.22. The number of nitrogens with zero attached hydrogens (tertiary/aromatic N) is 4. The highest BCUT2D eigenvalue weighted by molar-refractivity contribution is 7.20. The van der Waals surface area contributed by atoms with Crippen molar-refractivity contribution >= 4 is 33.0 Å². The molecule has 0 atom stereocenters. The van der Waals surface area contributed by atoms with Crippen LogP contribution >= 0.6 is 11.3 Å². The molecule has 6 nitrogen and oxygen atoms in total. The summed E-state index contributed by atoms with van der Waals surface area (Å²) in [5.74, 6) is 1.16. The molecule has 0 spiro atoms. The molecule has 4 rings (SSSR count). The number of aryl methyl sites for hydroxylation is 1. The lowest BCUT2D eigenvalue weighted by atomic mass is 10.2. The maximum atomic E-state index is 12.4. The maximum absolute atomic E-state index is 12.4. The van der Waals surface area contributed by atoms with Crippen molar-refractivity contribution in [3.05, 3.63) is 65.8 Å². The third-order valence-electron chi connectivity index (χ3n) is 3.59. The van der Waals surface area contributed by atoms with Gasteiger partial charge in [-0.05, 0) is 24.4 Å². The van der Waals surface area contributed by atoms with E-state index in [0.29, 0.717) is 16.5 Å². The molecular formula is C17H13N5OS. The Bertz CT molecular complexity index is 986. The van der Waals surface area contributed by atoms with Crippen LogP contribution in [0.15, 0.2) is 55.1 Å². The molecule has 118 valence electrons. The molecule has 7 heteroatoms. The molecule has 4 aromatic rings. The van der Waals surface area contributed by atoms with Gasteiger partial charge in [0.1, 0.15) is 5.82 Å². The van der Waals surface area contributed by atoms with Gasteiger partial charge in [-0.2, -0.15) is 0 Å². The number of hydrogen-bond donors (Lipinski definition) is 1. The quantitative estimate of drug-likeness (QED) is 0.622. The fourth-order valence-corrected chi connectivity index (χ4v) is 3.34. The van der Waals surface area contributed by atoms with Gasteiger partial charge < -0.3 is 5.32 Å². The maximum Gasteiger partial charge on any atom is 0.265 e. The molecule has 0 radical (unpaired) electrons. The number of nitrogens with one attached hydrogen (secondary N) is 1. The Morgan fingerprint density at radius 3 is 2.67 bits per heavy atom. The van der Waals surface area contributed by atoms with Gasteiger partial charge in [-0.25, -0.2) is 15.0 Å². The Kier molecular flexibility index (Phi) is 3.55. The Morgan fingerprint density at radius 2 is 1.96 bits per heavy atom. The minimum Gasteiger partial charge on any atom is -0.319 e. The predicted octanol–water partition coefficient (Wildman–Crippen LogP) is 3.44. The molecule has 0 saturated carbocycles. The zero-order valence-corrected chi connectivity index (χ0v) is 13.6. The summed E-state index contributed by atoms with van der Waals surface area (Å²) in [6.45, 7) is 1.88. The second kappa shape index (κ2) is 5.86. The lowest BCUT2D eigenvalue weighted by Gasteiger charge is -2.05. The zero-order valence-electron chi connectivity index (χ0n) is 12.8. The van der Waals surface area contributed by atoms with Crippen LogP contribution < -0.4 is 5.32 Å². The van der Waals surface area contributed by atoms with E-state index in [1.807, 2.05) is 37.3 Å². The number of anilines is 1. The van der Waals surface area contributed by atoms with Crippen LogP contribution in [-0.4, -0.2) is 25.4 Å². The number of rotatable bonds is 3. The van der Waals surface area contributed by atoms with E-state index in [-0.39, 0.29) is 5.91 Å². The minimum absolute atomic E-state index is 0.161. The molecule has 1 amide bonds. The first-order valence-electron chi connectivity index (χ1n) is 7.33. The van der Waals surface area contributed by atoms with Crippen LogP contribution in [0.3, 0.4) is 0 Å². The summed E-state index contributed by atoms with van der Waals surface area (Å²) in [4.78, 5) is 25.7. The topological polar surface area (TPSA) is 72.7 Å². The first-order chi connectivity index (χ1) is 11.7. The number of benzene rings is 1. The lowest BCUT2D eigenvalue weighted by Crippen LogP contribution is -2.11. The number of amides is 1. The number of fused-ring (bicyclic) bond motifs is 1. The van der Waals surface area contributed by atoms with Crippen LogP contribution in [0.4, 0.5) is 5.69 Å². The number of aromatic nitrogens is 4. The summed E-state index contributed by atoms with van der Waals surface area (Å²) >= 11 is 1.46. The van der Waals surface area contributed by atoms with E-state index >= 15 is 0 Å². The first-order valence-corrected chi connectivity index (χ1v) is 8.15. The standard InChI is InChI=1S/C17H13N5OS/c1-11-18-6-7-22(11)17-19-9-13(10-20-17)21-16(23)15-8-12-4-2-3-5-14(12)24-15/h2-10H,1H3,(H,21,23). The van der Waals surface area contributed by atoms with Crippen molar-refractivity contribution in [2.45, 2.75) is 6.92 Å². The Labute approximate surface area is 141 Å². The Morgan fingerprint density at radius 1 is 1.17 bits per heavy atom. The summed E-state index contributed by atoms with van der Waals surface area (Å²) in [5.41, 5.74) is 0.555. The van der Waals surface area contributed by atoms with E-state index in [9.17, 15) is 4.79 Å². The van der Waals surface area contributed by atoms with Crippen molar-refractivity contribution in [3.63, 3.8) is 0 Å². The van der Waals surface area contributed by atoms with Gasteiger partial charge in [0, 0.05) is 17.1 Å². The molecule has 0 bridgehead atoms. The van der Waals surface area contributed by atoms with E-state index in [2.05, 4.69) is 20.3 Å². The average Bonchev–Trinajstić information content (AvgIpc) is 3.21. The minimum atomic E-state index is -0.161. The van der Waals surface area contributed by atoms with E-state index in [4.69, 9.17) is 0 Å². The van der Waals surface area contributed by atoms with Gasteiger partial charge in [0.15, 0.2) is 0 Å². The van der Waals surface area contributed by atoms with Crippen LogP contribution in [0.1, 0.15) is 15.5 Å². The molecular weight excluding hydrogens is 322 g/mol. The molecule has 0 aliphatic heterocycles. The van der Waals surface area contributed by atoms with Crippen LogP contribution in [-0.2, 0) is 0 Å². The van der Waals surface area contributed by atoms with Gasteiger partial charge >= 0.3 is 0 Å². The fourth-order valence-electron chi connectivity index (χ4n) is 2.39. The SMILES string of the molecule is Cc1nccn1-c1ncc(NC(=O)c2cc3ccccc3s2)cn1. The van der Waals surface area contributed by atoms with Gasteiger partial charge in [0.2, 0.25) is 5.95 Å². The molecule has 0 unspecified atom stereocenters. The highest BCUT2D eigenvalue weighted by Gasteiger charge is 2.11. The van der Waals surface area contributed by atoms with Crippen molar-refractivity contribution < 1.29 is 4.79 Å². The molecule has 1 N–H and O–H groups in total. The highest BCUT2D eigenvalue weighted by atomic mass is 32.1. The summed E-state index contributed by atoms with van der Waals surface area (Å²) in [7, 11) is 0. The fraction of sp³-hybridized carbons (Fsp3) is 0.0588. The van der Waals surface area contributed by atoms with Crippen LogP contribution in [0.25, 0.3) is 16.0 Å². The summed E-state index contributed by atoms with van der Waals surface area (Å²) in [6.07, 6.45) is 6.66. The van der Waals surface area contributed by atoms with Crippen molar-refractivity contribution in [1.29, 1.82) is 0 Å². The van der Waals surface area contributed by atoms with E-state index in [1.54, 1.807) is 29.4 Å². The van der Waals surface area contributed by atoms with E-state index in [1.165, 1.54) is 11.3 Å². The third-order valence-corrected chi connectivity index (χ3v) is 4.70. The summed E-state index contributed by atoms with van der Waals surface area (Å²) in [6, 6.07) is 9.81. The second-order valence-corrected chi connectivity index (χ2v) is 6.30. The third kappa shape index (κ3) is 2.65. The predicted molar refractivity (Wildman–Crippen MR) is 93.7 cm³/mol. The molecule has 0 fully saturated rings. The lowest BCUT2D eigenvalue weighted by molar-refractivity contribution is 0.103. The average molecular weight is 335 g/mol. The Balaban J connectivity index is 1.54. The molecule has 3 heterocycles. The van der Waals surface area contributed by atoms with Crippen molar-refractivity contribution in [2.75, 3.05) is 5.32 Å². The number of imidazole rings is 1. The highest BCUT2D eigenvalue weighted by Crippen LogP contribution is 2.25. The van der Waals surface area contributed by atoms with Crippen LogP contribution in [0.5, 0.6) is 0 Å². The Hall–Kier alpha value is -3.06. The van der Waals surface area contributed by atoms with Gasteiger partial charge in [-0.15, -0.1) is 11.3 Å². The molecule has 0 aliphatic carbocycles. The molecule has 3 aromatic heterocycles. The molecule has 24 heavy (non-hydrogen) atoms. The summed E-state index contributed by atoms with van der Waals surface area (Å²) in [5, 5.41) is 3.89. The summed E-state index contributed by atoms with van der Waals surface area (Å²) < 4.78 is 2.86. The molecule has 0 aliphatic rings. The molecule has 0 saturated heterocycles. The largest absolute Gasteiger partial charge is 0.319 e. The number of hydrogen-bond acceptors (Lipinski definition) is 5. The van der Waals surface area contributed by atoms with Crippen molar-refractivity contribution in [2.24, 2.45) is 0 Å². The van der Waals surface area contributed by atoms with Gasteiger partial charge in [0.25, 0.3) is 5.91 Å². The number of thiophene rings is 1. The first kappa shape index (κ1) is 14.5. The van der Waals surface area contributed by atoms with Crippen LogP contribution in [0, 0.1) is 6.92 Å². The number of carbonyl (C=O) groups is 1. The van der Waals surface area contributed by atoms with E-state index < -0.39 is 0 Å². The van der Waals surface area contributed by atoms with Crippen molar-refractivity contribution in [3.8, 4) is 5.95 Å². The van der Waals surface area contributed by atoms with Gasteiger partial charge in [0.05, 0.1) is 23.0 Å². The normalized spacial score (nSPS) is 10.9. The number of carbonyl (C=O) groups excluding carboxylic acids is 1. The van der Waals surface area contributed by atoms with Crippen molar-refractivity contribution in [1.82, 2.24) is 19.5 Å².